The second kappa shape index (κ2) is 8.24. The SMILES string of the molecule is CCSc1ccc(C(C)NC(=O)C(C#N)C(C)(C)CC)cc1. The third-order valence-corrected chi connectivity index (χ3v) is 5.03. The Morgan fingerprint density at radius 1 is 1.32 bits per heavy atom. The molecule has 0 saturated heterocycles. The second-order valence-corrected chi connectivity index (χ2v) is 7.47. The van der Waals surface area contributed by atoms with Crippen LogP contribution in [0.3, 0.4) is 0 Å². The standard InChI is InChI=1S/C18H26N2OS/c1-6-18(4,5)16(12-19)17(21)20-13(3)14-8-10-15(11-9-14)22-7-2/h8-11,13,16H,6-7H2,1-5H3,(H,20,21). The molecule has 0 aromatic heterocycles. The number of nitrogens with one attached hydrogen (secondary N) is 1. The minimum atomic E-state index is -0.630. The van der Waals surface area contributed by atoms with Gasteiger partial charge in [0.25, 0.3) is 0 Å². The summed E-state index contributed by atoms with van der Waals surface area (Å²) in [5, 5.41) is 12.3. The molecule has 0 bridgehead atoms. The van der Waals surface area contributed by atoms with Crippen LogP contribution in [0.4, 0.5) is 0 Å². The van der Waals surface area contributed by atoms with Crippen molar-refractivity contribution < 1.29 is 4.79 Å². The van der Waals surface area contributed by atoms with E-state index in [4.69, 9.17) is 0 Å². The molecule has 1 rings (SSSR count). The number of hydrogen-bond donors (Lipinski definition) is 1. The lowest BCUT2D eigenvalue weighted by molar-refractivity contribution is -0.127. The van der Waals surface area contributed by atoms with Crippen molar-refractivity contribution in [1.29, 1.82) is 5.26 Å². The largest absolute Gasteiger partial charge is 0.348 e. The average Bonchev–Trinajstić information content (AvgIpc) is 2.48. The molecular formula is C18H26N2OS. The first-order valence-corrected chi connectivity index (χ1v) is 8.77. The normalized spacial score (nSPS) is 14.0. The molecule has 0 aliphatic heterocycles. The summed E-state index contributed by atoms with van der Waals surface area (Å²) < 4.78 is 0. The highest BCUT2D eigenvalue weighted by Gasteiger charge is 2.34. The van der Waals surface area contributed by atoms with Crippen LogP contribution in [0.5, 0.6) is 0 Å². The van der Waals surface area contributed by atoms with Crippen LogP contribution in [0.25, 0.3) is 0 Å². The molecular weight excluding hydrogens is 292 g/mol. The molecule has 1 aromatic rings. The summed E-state index contributed by atoms with van der Waals surface area (Å²) in [6.45, 7) is 10.0. The van der Waals surface area contributed by atoms with Gasteiger partial charge >= 0.3 is 0 Å². The van der Waals surface area contributed by atoms with Crippen molar-refractivity contribution in [2.75, 3.05) is 5.75 Å². The molecule has 0 radical (unpaired) electrons. The van der Waals surface area contributed by atoms with Crippen LogP contribution in [0.15, 0.2) is 29.2 Å². The lowest BCUT2D eigenvalue weighted by atomic mass is 9.77. The molecule has 3 nitrogen and oxygen atoms in total. The van der Waals surface area contributed by atoms with E-state index >= 15 is 0 Å². The monoisotopic (exact) mass is 318 g/mol. The summed E-state index contributed by atoms with van der Waals surface area (Å²) in [5.74, 6) is 0.227. The Morgan fingerprint density at radius 3 is 2.36 bits per heavy atom. The minimum absolute atomic E-state index is 0.100. The number of rotatable bonds is 7. The van der Waals surface area contributed by atoms with E-state index in [1.807, 2.05) is 39.8 Å². The summed E-state index contributed by atoms with van der Waals surface area (Å²) >= 11 is 1.79. The van der Waals surface area contributed by atoms with Crippen molar-refractivity contribution in [2.24, 2.45) is 11.3 Å². The fourth-order valence-corrected chi connectivity index (χ4v) is 2.85. The maximum Gasteiger partial charge on any atom is 0.238 e. The van der Waals surface area contributed by atoms with Crippen LogP contribution < -0.4 is 5.32 Å². The molecule has 4 heteroatoms. The van der Waals surface area contributed by atoms with Crippen molar-refractivity contribution in [1.82, 2.24) is 5.32 Å². The summed E-state index contributed by atoms with van der Waals surface area (Å²) in [7, 11) is 0. The number of carbonyl (C=O) groups is 1. The van der Waals surface area contributed by atoms with E-state index in [1.54, 1.807) is 11.8 Å². The fourth-order valence-electron chi connectivity index (χ4n) is 2.19. The first-order chi connectivity index (χ1) is 10.4. The van der Waals surface area contributed by atoms with Crippen molar-refractivity contribution in [3.63, 3.8) is 0 Å². The maximum absolute atomic E-state index is 12.4. The Hall–Kier alpha value is -1.47. The highest BCUT2D eigenvalue weighted by molar-refractivity contribution is 7.99. The summed E-state index contributed by atoms with van der Waals surface area (Å²) in [6.07, 6.45) is 0.788. The summed E-state index contributed by atoms with van der Waals surface area (Å²) in [5.41, 5.74) is 0.736. The minimum Gasteiger partial charge on any atom is -0.348 e. The third-order valence-electron chi connectivity index (χ3n) is 4.13. The Bertz CT molecular complexity index is 531. The zero-order valence-corrected chi connectivity index (χ0v) is 15.0. The molecule has 0 saturated carbocycles. The Balaban J connectivity index is 2.76. The van der Waals surface area contributed by atoms with Crippen LogP contribution in [0, 0.1) is 22.7 Å². The lowest BCUT2D eigenvalue weighted by Gasteiger charge is -2.28. The number of hydrogen-bond acceptors (Lipinski definition) is 3. The number of benzene rings is 1. The van der Waals surface area contributed by atoms with E-state index in [2.05, 4.69) is 30.4 Å². The van der Waals surface area contributed by atoms with Crippen molar-refractivity contribution >= 4 is 17.7 Å². The predicted molar refractivity (Wildman–Crippen MR) is 92.6 cm³/mol. The molecule has 0 fully saturated rings. The van der Waals surface area contributed by atoms with Gasteiger partial charge in [0.1, 0.15) is 5.92 Å². The van der Waals surface area contributed by atoms with E-state index in [0.717, 1.165) is 17.7 Å². The Labute approximate surface area is 138 Å². The van der Waals surface area contributed by atoms with Gasteiger partial charge in [0.2, 0.25) is 5.91 Å². The van der Waals surface area contributed by atoms with Gasteiger partial charge in [-0.15, -0.1) is 11.8 Å². The number of carbonyl (C=O) groups excluding carboxylic acids is 1. The molecule has 2 atom stereocenters. The average molecular weight is 318 g/mol. The first-order valence-electron chi connectivity index (χ1n) is 7.78. The van der Waals surface area contributed by atoms with Crippen LogP contribution >= 0.6 is 11.8 Å². The fraction of sp³-hybridized carbons (Fsp3) is 0.556. The van der Waals surface area contributed by atoms with Crippen molar-refractivity contribution in [3.05, 3.63) is 29.8 Å². The van der Waals surface area contributed by atoms with E-state index in [9.17, 15) is 10.1 Å². The summed E-state index contributed by atoms with van der Waals surface area (Å²) in [6, 6.07) is 10.3. The molecule has 22 heavy (non-hydrogen) atoms. The zero-order valence-electron chi connectivity index (χ0n) is 14.1. The molecule has 0 aliphatic rings. The zero-order chi connectivity index (χ0) is 16.8. The molecule has 0 aliphatic carbocycles. The van der Waals surface area contributed by atoms with Gasteiger partial charge in [0, 0.05) is 4.90 Å². The number of thioether (sulfide) groups is 1. The molecule has 1 aromatic carbocycles. The molecule has 120 valence electrons. The van der Waals surface area contributed by atoms with E-state index < -0.39 is 5.92 Å². The lowest BCUT2D eigenvalue weighted by Crippen LogP contribution is -2.39. The Morgan fingerprint density at radius 2 is 1.91 bits per heavy atom. The quantitative estimate of drug-likeness (QED) is 0.750. The van der Waals surface area contributed by atoms with Crippen molar-refractivity contribution in [2.45, 2.75) is 52.0 Å². The molecule has 0 heterocycles. The van der Waals surface area contributed by atoms with Crippen molar-refractivity contribution in [3.8, 4) is 6.07 Å². The smallest absolute Gasteiger partial charge is 0.238 e. The first kappa shape index (κ1) is 18.6. The van der Waals surface area contributed by atoms with E-state index in [1.165, 1.54) is 4.90 Å². The van der Waals surface area contributed by atoms with Crippen LogP contribution in [0.2, 0.25) is 0 Å². The predicted octanol–water partition coefficient (Wildman–Crippen LogP) is 4.55. The van der Waals surface area contributed by atoms with Crippen LogP contribution in [0.1, 0.15) is 52.6 Å². The van der Waals surface area contributed by atoms with Gasteiger partial charge in [-0.1, -0.05) is 39.8 Å². The van der Waals surface area contributed by atoms with Gasteiger partial charge in [0.15, 0.2) is 0 Å². The van der Waals surface area contributed by atoms with Gasteiger partial charge in [-0.05, 0) is 42.2 Å². The highest BCUT2D eigenvalue weighted by Crippen LogP contribution is 2.31. The van der Waals surface area contributed by atoms with E-state index in [0.29, 0.717) is 0 Å². The van der Waals surface area contributed by atoms with Gasteiger partial charge < -0.3 is 5.32 Å². The molecule has 2 unspecified atom stereocenters. The molecule has 1 amide bonds. The Kier molecular flexibility index (Phi) is 6.96. The number of nitriles is 1. The summed E-state index contributed by atoms with van der Waals surface area (Å²) in [4.78, 5) is 13.6. The molecule has 1 N–H and O–H groups in total. The van der Waals surface area contributed by atoms with Crippen LogP contribution in [-0.4, -0.2) is 11.7 Å². The van der Waals surface area contributed by atoms with Crippen LogP contribution in [-0.2, 0) is 4.79 Å². The van der Waals surface area contributed by atoms with Gasteiger partial charge in [0.05, 0.1) is 12.1 Å². The topological polar surface area (TPSA) is 52.9 Å². The maximum atomic E-state index is 12.4. The third kappa shape index (κ3) is 4.78. The molecule has 0 spiro atoms. The highest BCUT2D eigenvalue weighted by atomic mass is 32.2. The number of amides is 1. The van der Waals surface area contributed by atoms with Gasteiger partial charge in [-0.25, -0.2) is 0 Å². The van der Waals surface area contributed by atoms with Gasteiger partial charge in [-0.3, -0.25) is 4.79 Å². The second-order valence-electron chi connectivity index (χ2n) is 6.14. The number of nitrogens with zero attached hydrogens (tertiary/aromatic N) is 1. The van der Waals surface area contributed by atoms with Gasteiger partial charge in [-0.2, -0.15) is 5.26 Å². The van der Waals surface area contributed by atoms with E-state index in [-0.39, 0.29) is 17.4 Å².